The van der Waals surface area contributed by atoms with Gasteiger partial charge in [-0.1, -0.05) is 6.07 Å². The molecular formula is C21H25N5O3. The van der Waals surface area contributed by atoms with Crippen LogP contribution in [0.3, 0.4) is 0 Å². The van der Waals surface area contributed by atoms with E-state index in [0.717, 1.165) is 36.7 Å². The summed E-state index contributed by atoms with van der Waals surface area (Å²) in [5.74, 6) is 1.87. The number of pyridine rings is 1. The average Bonchev–Trinajstić information content (AvgIpc) is 3.19. The molecule has 0 aliphatic carbocycles. The highest BCUT2D eigenvalue weighted by Gasteiger charge is 2.28. The van der Waals surface area contributed by atoms with Crippen LogP contribution < -0.4 is 19.7 Å². The van der Waals surface area contributed by atoms with Crippen molar-refractivity contribution in [3.63, 3.8) is 0 Å². The highest BCUT2D eigenvalue weighted by molar-refractivity contribution is 5.93. The van der Waals surface area contributed by atoms with Gasteiger partial charge in [-0.3, -0.25) is 9.20 Å². The van der Waals surface area contributed by atoms with E-state index in [1.165, 1.54) is 0 Å². The molecule has 1 fully saturated rings. The van der Waals surface area contributed by atoms with Crippen LogP contribution in [0, 0.1) is 12.8 Å². The molecular weight excluding hydrogens is 370 g/mol. The fraction of sp³-hybridized carbons (Fsp3) is 0.381. The molecule has 2 aromatic heterocycles. The number of ether oxygens (including phenoxy) is 2. The lowest BCUT2D eigenvalue weighted by Gasteiger charge is -2.32. The van der Waals surface area contributed by atoms with E-state index in [1.54, 1.807) is 26.4 Å². The van der Waals surface area contributed by atoms with Crippen LogP contribution in [-0.4, -0.2) is 47.8 Å². The zero-order chi connectivity index (χ0) is 20.4. The number of carbonyl (C=O) groups excluding carboxylic acids is 1. The lowest BCUT2D eigenvalue weighted by Crippen LogP contribution is -2.41. The number of methoxy groups -OCH3 is 2. The van der Waals surface area contributed by atoms with Crippen molar-refractivity contribution in [2.24, 2.45) is 5.92 Å². The van der Waals surface area contributed by atoms with E-state index in [4.69, 9.17) is 9.47 Å². The Kier molecular flexibility index (Phi) is 5.24. The molecule has 1 aromatic carbocycles. The molecule has 3 aromatic rings. The molecule has 1 saturated heterocycles. The van der Waals surface area contributed by atoms with Crippen molar-refractivity contribution in [3.8, 4) is 11.5 Å². The van der Waals surface area contributed by atoms with Gasteiger partial charge in [0.05, 0.1) is 20.1 Å². The van der Waals surface area contributed by atoms with E-state index in [0.29, 0.717) is 23.7 Å². The Morgan fingerprint density at radius 1 is 1.14 bits per heavy atom. The first kappa shape index (κ1) is 19.0. The molecule has 1 unspecified atom stereocenters. The summed E-state index contributed by atoms with van der Waals surface area (Å²) in [5, 5.41) is 11.7. The maximum atomic E-state index is 12.9. The predicted molar refractivity (Wildman–Crippen MR) is 111 cm³/mol. The third-order valence-electron chi connectivity index (χ3n) is 5.33. The van der Waals surface area contributed by atoms with Crippen molar-refractivity contribution >= 4 is 23.2 Å². The first-order valence-corrected chi connectivity index (χ1v) is 9.69. The fourth-order valence-corrected chi connectivity index (χ4v) is 3.82. The third-order valence-corrected chi connectivity index (χ3v) is 5.33. The minimum Gasteiger partial charge on any atom is -0.493 e. The number of hydrogen-bond donors (Lipinski definition) is 1. The van der Waals surface area contributed by atoms with Gasteiger partial charge in [-0.2, -0.15) is 0 Å². The maximum absolute atomic E-state index is 12.9. The van der Waals surface area contributed by atoms with Gasteiger partial charge in [0.2, 0.25) is 11.9 Å². The Hall–Kier alpha value is -3.29. The Bertz CT molecular complexity index is 1030. The number of hydrogen-bond acceptors (Lipinski definition) is 6. The largest absolute Gasteiger partial charge is 0.493 e. The summed E-state index contributed by atoms with van der Waals surface area (Å²) in [6.07, 6.45) is 1.76. The quantitative estimate of drug-likeness (QED) is 0.715. The standard InChI is InChI=1S/C21H25N5O3/c1-14-6-4-8-19-23-24-21(26(14)19)25-11-5-7-15(13-25)20(27)22-16-9-10-17(28-2)18(12-16)29-3/h4,6,8-10,12,15H,5,7,11,13H2,1-3H3,(H,22,27). The van der Waals surface area contributed by atoms with Gasteiger partial charge >= 0.3 is 0 Å². The Labute approximate surface area is 169 Å². The Morgan fingerprint density at radius 2 is 1.97 bits per heavy atom. The number of fused-ring (bicyclic) bond motifs is 1. The number of carbonyl (C=O) groups is 1. The van der Waals surface area contributed by atoms with Crippen molar-refractivity contribution in [1.29, 1.82) is 0 Å². The van der Waals surface area contributed by atoms with Gasteiger partial charge in [-0.15, -0.1) is 10.2 Å². The van der Waals surface area contributed by atoms with Crippen LogP contribution in [0.5, 0.6) is 11.5 Å². The number of aromatic nitrogens is 3. The van der Waals surface area contributed by atoms with Gasteiger partial charge in [0.25, 0.3) is 0 Å². The number of piperidine rings is 1. The highest BCUT2D eigenvalue weighted by Crippen LogP contribution is 2.30. The molecule has 8 heteroatoms. The zero-order valence-electron chi connectivity index (χ0n) is 16.9. The molecule has 0 radical (unpaired) electrons. The average molecular weight is 395 g/mol. The minimum atomic E-state index is -0.131. The van der Waals surface area contributed by atoms with Gasteiger partial charge in [0.1, 0.15) is 0 Å². The number of benzene rings is 1. The molecule has 152 valence electrons. The molecule has 1 N–H and O–H groups in total. The molecule has 1 amide bonds. The summed E-state index contributed by atoms with van der Waals surface area (Å²) in [7, 11) is 3.16. The van der Waals surface area contributed by atoms with Crippen LogP contribution in [-0.2, 0) is 4.79 Å². The number of rotatable bonds is 5. The van der Waals surface area contributed by atoms with Crippen molar-refractivity contribution < 1.29 is 14.3 Å². The molecule has 1 aliphatic heterocycles. The highest BCUT2D eigenvalue weighted by atomic mass is 16.5. The van der Waals surface area contributed by atoms with E-state index in [1.807, 2.05) is 35.6 Å². The van der Waals surface area contributed by atoms with Crippen LogP contribution in [0.1, 0.15) is 18.5 Å². The zero-order valence-corrected chi connectivity index (χ0v) is 16.9. The molecule has 4 rings (SSSR count). The van der Waals surface area contributed by atoms with E-state index in [-0.39, 0.29) is 11.8 Å². The lowest BCUT2D eigenvalue weighted by atomic mass is 9.97. The van der Waals surface area contributed by atoms with Crippen LogP contribution in [0.2, 0.25) is 0 Å². The molecule has 1 aliphatic rings. The second-order valence-electron chi connectivity index (χ2n) is 7.20. The topological polar surface area (TPSA) is 81.0 Å². The fourth-order valence-electron chi connectivity index (χ4n) is 3.82. The smallest absolute Gasteiger partial charge is 0.231 e. The summed E-state index contributed by atoms with van der Waals surface area (Å²) in [6.45, 7) is 3.49. The van der Waals surface area contributed by atoms with Crippen molar-refractivity contribution in [1.82, 2.24) is 14.6 Å². The van der Waals surface area contributed by atoms with Crippen LogP contribution >= 0.6 is 0 Å². The van der Waals surface area contributed by atoms with Crippen molar-refractivity contribution in [2.75, 3.05) is 37.5 Å². The lowest BCUT2D eigenvalue weighted by molar-refractivity contribution is -0.120. The van der Waals surface area contributed by atoms with Gasteiger partial charge in [0, 0.05) is 30.5 Å². The SMILES string of the molecule is COc1ccc(NC(=O)C2CCCN(c3nnc4cccc(C)n34)C2)cc1OC. The number of nitrogens with zero attached hydrogens (tertiary/aromatic N) is 4. The van der Waals surface area contributed by atoms with Crippen LogP contribution in [0.4, 0.5) is 11.6 Å². The molecule has 3 heterocycles. The molecule has 0 saturated carbocycles. The molecule has 29 heavy (non-hydrogen) atoms. The van der Waals surface area contributed by atoms with Crippen LogP contribution in [0.15, 0.2) is 36.4 Å². The van der Waals surface area contributed by atoms with Gasteiger partial charge in [-0.05, 0) is 44.0 Å². The van der Waals surface area contributed by atoms with Crippen molar-refractivity contribution in [2.45, 2.75) is 19.8 Å². The normalized spacial score (nSPS) is 16.7. The molecule has 0 spiro atoms. The third kappa shape index (κ3) is 3.70. The summed E-state index contributed by atoms with van der Waals surface area (Å²) in [5.41, 5.74) is 2.57. The second kappa shape index (κ2) is 7.98. The monoisotopic (exact) mass is 395 g/mol. The Morgan fingerprint density at radius 3 is 2.76 bits per heavy atom. The first-order valence-electron chi connectivity index (χ1n) is 9.69. The van der Waals surface area contributed by atoms with E-state index < -0.39 is 0 Å². The Balaban J connectivity index is 1.50. The number of amides is 1. The second-order valence-corrected chi connectivity index (χ2v) is 7.20. The van der Waals surface area contributed by atoms with Gasteiger partial charge in [-0.25, -0.2) is 0 Å². The number of aryl methyl sites for hydroxylation is 1. The van der Waals surface area contributed by atoms with E-state index in [9.17, 15) is 4.79 Å². The first-order chi connectivity index (χ1) is 14.1. The predicted octanol–water partition coefficient (Wildman–Crippen LogP) is 2.91. The van der Waals surface area contributed by atoms with Gasteiger partial charge < -0.3 is 19.7 Å². The van der Waals surface area contributed by atoms with Crippen molar-refractivity contribution in [3.05, 3.63) is 42.1 Å². The molecule has 8 nitrogen and oxygen atoms in total. The number of nitrogens with one attached hydrogen (secondary N) is 1. The summed E-state index contributed by atoms with van der Waals surface area (Å²) in [4.78, 5) is 15.1. The maximum Gasteiger partial charge on any atom is 0.231 e. The van der Waals surface area contributed by atoms with E-state index in [2.05, 4.69) is 20.4 Å². The summed E-state index contributed by atoms with van der Waals surface area (Å²) in [6, 6.07) is 11.3. The minimum absolute atomic E-state index is 0.00698. The van der Waals surface area contributed by atoms with Crippen LogP contribution in [0.25, 0.3) is 5.65 Å². The number of anilines is 2. The molecule has 0 bridgehead atoms. The summed E-state index contributed by atoms with van der Waals surface area (Å²) < 4.78 is 12.6. The van der Waals surface area contributed by atoms with Gasteiger partial charge in [0.15, 0.2) is 17.1 Å². The van der Waals surface area contributed by atoms with E-state index >= 15 is 0 Å². The summed E-state index contributed by atoms with van der Waals surface area (Å²) >= 11 is 0. The molecule has 1 atom stereocenters.